The van der Waals surface area contributed by atoms with Gasteiger partial charge in [-0.05, 0) is 0 Å². The summed E-state index contributed by atoms with van der Waals surface area (Å²) in [6.07, 6.45) is 1.37. The molecule has 64 valence electrons. The first-order valence-electron chi connectivity index (χ1n) is 2.90. The Labute approximate surface area is 71.6 Å². The van der Waals surface area contributed by atoms with Crippen LogP contribution in [0.5, 0.6) is 0 Å². The highest BCUT2D eigenvalue weighted by atomic mass is 32.1. The number of anilines is 2. The summed E-state index contributed by atoms with van der Waals surface area (Å²) in [5.74, 6) is 0.434. The van der Waals surface area contributed by atoms with Gasteiger partial charge in [0.1, 0.15) is 16.8 Å². The van der Waals surface area contributed by atoms with Crippen molar-refractivity contribution in [3.05, 3.63) is 6.33 Å². The summed E-state index contributed by atoms with van der Waals surface area (Å²) in [6.45, 7) is 0. The van der Waals surface area contributed by atoms with Crippen LogP contribution in [0.4, 0.5) is 10.9 Å². The minimum Gasteiger partial charge on any atom is -0.412 e. The molecule has 6 nitrogen and oxygen atoms in total. The van der Waals surface area contributed by atoms with Crippen LogP contribution in [0.3, 0.4) is 0 Å². The molecular weight excluding hydrogens is 178 g/mol. The van der Waals surface area contributed by atoms with Crippen LogP contribution in [0.25, 0.3) is 10.3 Å². The highest BCUT2D eigenvalue weighted by molar-refractivity contribution is 7.22. The second-order valence-corrected chi connectivity index (χ2v) is 2.99. The zero-order valence-corrected chi connectivity index (χ0v) is 6.80. The average molecular weight is 185 g/mol. The molecule has 7 heteroatoms. The van der Waals surface area contributed by atoms with Crippen molar-refractivity contribution in [1.29, 1.82) is 0 Å². The van der Waals surface area contributed by atoms with Crippen molar-refractivity contribution < 1.29 is 5.48 Å². The van der Waals surface area contributed by atoms with E-state index in [9.17, 15) is 0 Å². The van der Waals surface area contributed by atoms with Gasteiger partial charge in [-0.1, -0.05) is 11.3 Å². The average Bonchev–Trinajstić information content (AvgIpc) is 2.31. The normalized spacial score (nSPS) is 9.67. The molecular formula is C5H7N5OS. The van der Waals surface area contributed by atoms with Crippen molar-refractivity contribution in [2.75, 3.05) is 11.5 Å². The Morgan fingerprint density at radius 1 is 1.25 bits per heavy atom. The minimum atomic E-state index is 0. The van der Waals surface area contributed by atoms with Gasteiger partial charge in [0.05, 0.1) is 0 Å². The lowest BCUT2D eigenvalue weighted by atomic mass is 10.6. The molecule has 6 N–H and O–H groups in total. The van der Waals surface area contributed by atoms with E-state index in [2.05, 4.69) is 15.0 Å². The van der Waals surface area contributed by atoms with Crippen LogP contribution < -0.4 is 11.5 Å². The van der Waals surface area contributed by atoms with Crippen molar-refractivity contribution in [2.45, 2.75) is 0 Å². The topological polar surface area (TPSA) is 122 Å². The van der Waals surface area contributed by atoms with E-state index in [0.717, 1.165) is 4.70 Å². The lowest BCUT2D eigenvalue weighted by molar-refractivity contribution is 0.824. The van der Waals surface area contributed by atoms with Gasteiger partial charge in [0.2, 0.25) is 0 Å². The largest absolute Gasteiger partial charge is 0.412 e. The predicted octanol–water partition coefficient (Wildman–Crippen LogP) is -0.574. The summed E-state index contributed by atoms with van der Waals surface area (Å²) in [4.78, 5) is 11.6. The van der Waals surface area contributed by atoms with E-state index < -0.39 is 0 Å². The molecule has 2 aromatic rings. The van der Waals surface area contributed by atoms with Gasteiger partial charge in [-0.15, -0.1) is 0 Å². The summed E-state index contributed by atoms with van der Waals surface area (Å²) in [5, 5.41) is 0.465. The molecule has 0 atom stereocenters. The number of hydrogen-bond donors (Lipinski definition) is 2. The molecule has 0 aromatic carbocycles. The Kier molecular flexibility index (Phi) is 2.07. The fourth-order valence-electron chi connectivity index (χ4n) is 0.787. The zero-order chi connectivity index (χ0) is 7.84. The second kappa shape index (κ2) is 2.88. The Balaban J connectivity index is 0.000000720. The van der Waals surface area contributed by atoms with Gasteiger partial charge in [0.15, 0.2) is 10.8 Å². The number of nitrogen functional groups attached to an aromatic ring is 2. The molecule has 0 saturated carbocycles. The molecule has 2 aromatic heterocycles. The van der Waals surface area contributed by atoms with Crippen molar-refractivity contribution >= 4 is 32.6 Å². The number of fused-ring (bicyclic) bond motifs is 1. The monoisotopic (exact) mass is 185 g/mol. The van der Waals surface area contributed by atoms with Crippen LogP contribution in [0.2, 0.25) is 0 Å². The van der Waals surface area contributed by atoms with E-state index in [1.54, 1.807) is 0 Å². The zero-order valence-electron chi connectivity index (χ0n) is 5.98. The van der Waals surface area contributed by atoms with Gasteiger partial charge in [0.25, 0.3) is 0 Å². The number of hydrogen-bond acceptors (Lipinski definition) is 6. The van der Waals surface area contributed by atoms with Crippen molar-refractivity contribution in [2.24, 2.45) is 0 Å². The van der Waals surface area contributed by atoms with E-state index in [1.807, 2.05) is 0 Å². The van der Waals surface area contributed by atoms with Crippen LogP contribution >= 0.6 is 11.3 Å². The van der Waals surface area contributed by atoms with Crippen LogP contribution in [0, 0.1) is 0 Å². The maximum atomic E-state index is 5.53. The van der Waals surface area contributed by atoms with E-state index in [0.29, 0.717) is 16.6 Å². The standard InChI is InChI=1S/C5H5N5S.H2O/c6-3-2-4(9-1-8-3)10-5(7)11-2;/h1H,(H4,6,7,8,9,10);1H2. The fourth-order valence-corrected chi connectivity index (χ4v) is 1.48. The van der Waals surface area contributed by atoms with Crippen molar-refractivity contribution in [1.82, 2.24) is 15.0 Å². The van der Waals surface area contributed by atoms with E-state index in [4.69, 9.17) is 11.5 Å². The van der Waals surface area contributed by atoms with E-state index in [1.165, 1.54) is 17.7 Å². The van der Waals surface area contributed by atoms with Gasteiger partial charge in [-0.2, -0.15) is 0 Å². The number of aromatic nitrogens is 3. The Morgan fingerprint density at radius 3 is 2.67 bits per heavy atom. The minimum absolute atomic E-state index is 0. The van der Waals surface area contributed by atoms with Gasteiger partial charge in [0, 0.05) is 0 Å². The Morgan fingerprint density at radius 2 is 2.00 bits per heavy atom. The first-order valence-corrected chi connectivity index (χ1v) is 3.71. The summed E-state index contributed by atoms with van der Waals surface area (Å²) in [5.41, 5.74) is 11.5. The Bertz CT molecular complexity index is 400. The third-order valence-corrected chi connectivity index (χ3v) is 2.13. The molecule has 0 bridgehead atoms. The van der Waals surface area contributed by atoms with Gasteiger partial charge in [-0.3, -0.25) is 0 Å². The molecule has 0 spiro atoms. The van der Waals surface area contributed by atoms with Crippen LogP contribution in [-0.2, 0) is 0 Å². The summed E-state index contributed by atoms with van der Waals surface area (Å²) in [7, 11) is 0. The highest BCUT2D eigenvalue weighted by Gasteiger charge is 2.04. The molecule has 0 radical (unpaired) electrons. The lowest BCUT2D eigenvalue weighted by Crippen LogP contribution is -1.90. The SMILES string of the molecule is Nc1nc2ncnc(N)c2s1.O. The third-order valence-electron chi connectivity index (χ3n) is 1.24. The number of thiazole rings is 1. The molecule has 12 heavy (non-hydrogen) atoms. The number of nitrogens with two attached hydrogens (primary N) is 2. The first kappa shape index (κ1) is 8.62. The van der Waals surface area contributed by atoms with Gasteiger partial charge in [-0.25, -0.2) is 15.0 Å². The summed E-state index contributed by atoms with van der Waals surface area (Å²) < 4.78 is 0.755. The quantitative estimate of drug-likeness (QED) is 0.568. The maximum absolute atomic E-state index is 5.53. The van der Waals surface area contributed by atoms with Crippen LogP contribution in [-0.4, -0.2) is 20.4 Å². The smallest absolute Gasteiger partial charge is 0.182 e. The molecule has 2 rings (SSSR count). The molecule has 0 aliphatic carbocycles. The van der Waals surface area contributed by atoms with Crippen molar-refractivity contribution in [3.63, 3.8) is 0 Å². The molecule has 0 saturated heterocycles. The van der Waals surface area contributed by atoms with Gasteiger partial charge >= 0.3 is 0 Å². The third kappa shape index (κ3) is 1.15. The van der Waals surface area contributed by atoms with Crippen LogP contribution in [0.15, 0.2) is 6.33 Å². The van der Waals surface area contributed by atoms with Crippen molar-refractivity contribution in [3.8, 4) is 0 Å². The lowest BCUT2D eigenvalue weighted by Gasteiger charge is -1.88. The van der Waals surface area contributed by atoms with Crippen LogP contribution in [0.1, 0.15) is 0 Å². The Hall–Kier alpha value is -1.47. The summed E-state index contributed by atoms with van der Waals surface area (Å²) in [6, 6.07) is 0. The highest BCUT2D eigenvalue weighted by Crippen LogP contribution is 2.24. The summed E-state index contributed by atoms with van der Waals surface area (Å²) >= 11 is 1.30. The van der Waals surface area contributed by atoms with Gasteiger partial charge < -0.3 is 16.9 Å². The van der Waals surface area contributed by atoms with E-state index in [-0.39, 0.29) is 5.48 Å². The molecule has 0 aliphatic heterocycles. The molecule has 0 unspecified atom stereocenters. The number of rotatable bonds is 0. The molecule has 0 aliphatic rings. The first-order chi connectivity index (χ1) is 5.27. The fraction of sp³-hybridized carbons (Fsp3) is 0. The number of nitrogens with zero attached hydrogens (tertiary/aromatic N) is 3. The maximum Gasteiger partial charge on any atom is 0.182 e. The molecule has 0 amide bonds. The predicted molar refractivity (Wildman–Crippen MR) is 47.6 cm³/mol. The molecule has 0 fully saturated rings. The van der Waals surface area contributed by atoms with E-state index >= 15 is 0 Å². The second-order valence-electron chi connectivity index (χ2n) is 1.96. The molecule has 2 heterocycles.